The number of hydrogen-bond acceptors (Lipinski definition) is 7. The Balaban J connectivity index is 3.22. The van der Waals surface area contributed by atoms with Crippen LogP contribution in [0.5, 0.6) is 0 Å². The predicted octanol–water partition coefficient (Wildman–Crippen LogP) is -0.438. The fourth-order valence-electron chi connectivity index (χ4n) is 2.42. The maximum Gasteiger partial charge on any atom is 0.297 e. The number of carbonyl (C=O) groups is 1. The van der Waals surface area contributed by atoms with Crippen molar-refractivity contribution >= 4 is 42.5 Å². The lowest BCUT2D eigenvalue weighted by molar-refractivity contribution is -0.106. The summed E-state index contributed by atoms with van der Waals surface area (Å²) in [5.41, 5.74) is -1.72. The third-order valence-electron chi connectivity index (χ3n) is 3.19. The number of rotatable bonds is 4. The molecular formula is C11H9NO10S3. The van der Waals surface area contributed by atoms with Gasteiger partial charge in [0.25, 0.3) is 30.4 Å². The molecule has 1 unspecified atom stereocenters. The standard InChI is InChI=1S/C11H9NO10S3/c13-5-12-8-6-3-1-2-4-7(6)9(23(14,15)16)11(25(20,21)22)10(8)24(17,18)19/h1-5,9H,(H,14,15,16)(H,17,18,19)(H,20,21,22). The molecule has 3 N–H and O–H groups in total. The van der Waals surface area contributed by atoms with Gasteiger partial charge >= 0.3 is 0 Å². The van der Waals surface area contributed by atoms with Crippen LogP contribution >= 0.6 is 0 Å². The van der Waals surface area contributed by atoms with Crippen LogP contribution in [0.4, 0.5) is 0 Å². The molecule has 0 aromatic heterocycles. The van der Waals surface area contributed by atoms with Crippen LogP contribution < -0.4 is 0 Å². The topological polar surface area (TPSA) is 193 Å². The van der Waals surface area contributed by atoms with E-state index in [1.54, 1.807) is 0 Å². The van der Waals surface area contributed by atoms with E-state index < -0.39 is 56.7 Å². The van der Waals surface area contributed by atoms with E-state index in [0.717, 1.165) is 12.1 Å². The zero-order chi connectivity index (χ0) is 19.2. The molecule has 0 saturated carbocycles. The van der Waals surface area contributed by atoms with Crippen molar-refractivity contribution in [3.05, 3.63) is 45.2 Å². The first-order valence-corrected chi connectivity index (χ1v) is 10.4. The first kappa shape index (κ1) is 19.4. The van der Waals surface area contributed by atoms with Gasteiger partial charge in [-0.3, -0.25) is 18.5 Å². The van der Waals surface area contributed by atoms with Crippen LogP contribution in [-0.4, -0.2) is 51.0 Å². The van der Waals surface area contributed by atoms with Crippen LogP contribution in [0.25, 0.3) is 0 Å². The van der Waals surface area contributed by atoms with Gasteiger partial charge in [0.05, 0.1) is 5.71 Å². The summed E-state index contributed by atoms with van der Waals surface area (Å²) in [6.45, 7) is 0. The van der Waals surface area contributed by atoms with Gasteiger partial charge in [-0.15, -0.1) is 0 Å². The number of benzene rings is 1. The first-order valence-electron chi connectivity index (χ1n) is 6.06. The molecule has 1 aromatic carbocycles. The fraction of sp³-hybridized carbons (Fsp3) is 0.0909. The number of carbonyl (C=O) groups excluding carboxylic acids is 1. The third kappa shape index (κ3) is 3.53. The van der Waals surface area contributed by atoms with Crippen LogP contribution in [0.1, 0.15) is 16.4 Å². The van der Waals surface area contributed by atoms with Crippen molar-refractivity contribution in [2.24, 2.45) is 4.99 Å². The Morgan fingerprint density at radius 3 is 1.92 bits per heavy atom. The van der Waals surface area contributed by atoms with Crippen LogP contribution in [-0.2, 0) is 35.1 Å². The summed E-state index contributed by atoms with van der Waals surface area (Å²) in [7, 11) is -16.4. The van der Waals surface area contributed by atoms with Gasteiger partial charge in [-0.1, -0.05) is 24.3 Å². The molecule has 0 heterocycles. The molecule has 0 aliphatic heterocycles. The minimum atomic E-state index is -5.58. The summed E-state index contributed by atoms with van der Waals surface area (Å²) in [6.07, 6.45) is -0.174. The van der Waals surface area contributed by atoms with Gasteiger partial charge in [0, 0.05) is 5.56 Å². The number of aliphatic imine (C=N–C) groups is 1. The summed E-state index contributed by atoms with van der Waals surface area (Å²) >= 11 is 0. The van der Waals surface area contributed by atoms with Crippen molar-refractivity contribution in [3.8, 4) is 0 Å². The number of amides is 1. The molecule has 1 aliphatic rings. The van der Waals surface area contributed by atoms with Gasteiger partial charge in [-0.05, 0) is 5.56 Å². The van der Waals surface area contributed by atoms with E-state index in [1.165, 1.54) is 12.1 Å². The van der Waals surface area contributed by atoms with Crippen molar-refractivity contribution in [1.29, 1.82) is 0 Å². The lowest BCUT2D eigenvalue weighted by Gasteiger charge is -2.26. The molecule has 11 nitrogen and oxygen atoms in total. The monoisotopic (exact) mass is 411 g/mol. The quantitative estimate of drug-likeness (QED) is 0.432. The molecule has 1 aromatic rings. The van der Waals surface area contributed by atoms with Gasteiger partial charge < -0.3 is 0 Å². The SMILES string of the molecule is O=CN=C1C(S(=O)(=O)O)=C(S(=O)(=O)O)C(S(=O)(=O)O)c2ccccc21. The third-order valence-corrected chi connectivity index (χ3v) is 6.48. The first-order chi connectivity index (χ1) is 11.3. The van der Waals surface area contributed by atoms with E-state index in [9.17, 15) is 43.7 Å². The van der Waals surface area contributed by atoms with E-state index in [0.29, 0.717) is 0 Å². The van der Waals surface area contributed by atoms with Gasteiger partial charge in [-0.25, -0.2) is 4.99 Å². The zero-order valence-electron chi connectivity index (χ0n) is 11.8. The average molecular weight is 411 g/mol. The number of nitrogens with zero attached hydrogens (tertiary/aromatic N) is 1. The highest BCUT2D eigenvalue weighted by atomic mass is 32.2. The second-order valence-corrected chi connectivity index (χ2v) is 8.96. The van der Waals surface area contributed by atoms with Crippen LogP contribution in [0, 0.1) is 0 Å². The van der Waals surface area contributed by atoms with E-state index in [4.69, 9.17) is 0 Å². The molecule has 0 fully saturated rings. The predicted molar refractivity (Wildman–Crippen MR) is 83.5 cm³/mol. The Kier molecular flexibility index (Phi) is 4.71. The van der Waals surface area contributed by atoms with Crippen molar-refractivity contribution in [2.45, 2.75) is 5.25 Å². The van der Waals surface area contributed by atoms with Crippen LogP contribution in [0.3, 0.4) is 0 Å². The highest BCUT2D eigenvalue weighted by molar-refractivity contribution is 7.96. The van der Waals surface area contributed by atoms with Crippen molar-refractivity contribution in [3.63, 3.8) is 0 Å². The Bertz CT molecular complexity index is 1130. The van der Waals surface area contributed by atoms with Gasteiger partial charge in [0.15, 0.2) is 5.25 Å². The lowest BCUT2D eigenvalue weighted by atomic mass is 9.94. The largest absolute Gasteiger partial charge is 0.297 e. The minimum absolute atomic E-state index is 0.174. The minimum Gasteiger partial charge on any atom is -0.285 e. The normalized spacial score (nSPS) is 20.4. The van der Waals surface area contributed by atoms with Gasteiger partial charge in [0.2, 0.25) is 6.41 Å². The van der Waals surface area contributed by atoms with Gasteiger partial charge in [0.1, 0.15) is 9.81 Å². The molecule has 14 heteroatoms. The van der Waals surface area contributed by atoms with E-state index in [2.05, 4.69) is 4.99 Å². The van der Waals surface area contributed by atoms with Crippen molar-refractivity contribution < 1.29 is 43.7 Å². The zero-order valence-corrected chi connectivity index (χ0v) is 14.3. The van der Waals surface area contributed by atoms with E-state index >= 15 is 0 Å². The fourth-order valence-corrected chi connectivity index (χ4v) is 6.28. The number of allylic oxidation sites excluding steroid dienone is 1. The number of hydrogen-bond donors (Lipinski definition) is 3. The molecule has 2 rings (SSSR count). The molecule has 25 heavy (non-hydrogen) atoms. The Morgan fingerprint density at radius 1 is 0.920 bits per heavy atom. The van der Waals surface area contributed by atoms with Gasteiger partial charge in [-0.2, -0.15) is 25.3 Å². The van der Waals surface area contributed by atoms with Crippen molar-refractivity contribution in [2.75, 3.05) is 0 Å². The highest BCUT2D eigenvalue weighted by Gasteiger charge is 2.48. The van der Waals surface area contributed by atoms with Crippen LogP contribution in [0.15, 0.2) is 39.1 Å². The Morgan fingerprint density at radius 2 is 1.48 bits per heavy atom. The Hall–Kier alpha value is -1.97. The second-order valence-electron chi connectivity index (χ2n) is 4.71. The maximum absolute atomic E-state index is 11.7. The summed E-state index contributed by atoms with van der Waals surface area (Å²) in [6, 6.07) is 4.61. The summed E-state index contributed by atoms with van der Waals surface area (Å²) in [5.74, 6) is 0. The van der Waals surface area contributed by atoms with Crippen LogP contribution in [0.2, 0.25) is 0 Å². The maximum atomic E-state index is 11.7. The molecule has 1 amide bonds. The molecule has 0 spiro atoms. The average Bonchev–Trinajstić information content (AvgIpc) is 2.43. The Labute approximate surface area is 142 Å². The number of fused-ring (bicyclic) bond motifs is 1. The smallest absolute Gasteiger partial charge is 0.285 e. The highest BCUT2D eigenvalue weighted by Crippen LogP contribution is 2.43. The molecule has 136 valence electrons. The molecule has 0 saturated heterocycles. The summed E-state index contributed by atoms with van der Waals surface area (Å²) in [4.78, 5) is 10.5. The molecule has 1 atom stereocenters. The van der Waals surface area contributed by atoms with E-state index in [-0.39, 0.29) is 12.0 Å². The summed E-state index contributed by atoms with van der Waals surface area (Å²) < 4.78 is 98.1. The molecule has 1 aliphatic carbocycles. The molecule has 0 radical (unpaired) electrons. The molecular weight excluding hydrogens is 402 g/mol. The molecule has 0 bridgehead atoms. The van der Waals surface area contributed by atoms with Crippen molar-refractivity contribution in [1.82, 2.24) is 0 Å². The lowest BCUT2D eigenvalue weighted by Crippen LogP contribution is -2.32. The second kappa shape index (κ2) is 6.08. The summed E-state index contributed by atoms with van der Waals surface area (Å²) in [5, 5.41) is -2.55. The van der Waals surface area contributed by atoms with E-state index in [1.807, 2.05) is 0 Å².